The minimum absolute atomic E-state index is 0.0574. The average molecular weight is 341 g/mol. The molecular formula is C12H24NO8P. The standard InChI is InChI=1S/C12H24NO8P/c1-10(14)18-8-12(9-19-11(2)15)21-22(16,17)20-7-6-13(3,4)5/h12H,6-9H2,1-5H3. The average Bonchev–Trinajstić information content (AvgIpc) is 2.30. The second-order valence-electron chi connectivity index (χ2n) is 5.63. The van der Waals surface area contributed by atoms with Crippen molar-refractivity contribution >= 4 is 19.8 Å². The molecule has 1 unspecified atom stereocenters. The smallest absolute Gasteiger partial charge is 0.302 e. The number of hydrogen-bond donors (Lipinski definition) is 0. The Morgan fingerprint density at radius 1 is 1.09 bits per heavy atom. The first-order valence-corrected chi connectivity index (χ1v) is 8.08. The summed E-state index contributed by atoms with van der Waals surface area (Å²) in [5.41, 5.74) is 0. The first-order chi connectivity index (χ1) is 9.91. The molecule has 0 fully saturated rings. The molecule has 0 aromatic rings. The summed E-state index contributed by atoms with van der Waals surface area (Å²) in [6.07, 6.45) is -1.15. The number of nitrogens with zero attached hydrogens (tertiary/aromatic N) is 1. The summed E-state index contributed by atoms with van der Waals surface area (Å²) < 4.78 is 31.1. The summed E-state index contributed by atoms with van der Waals surface area (Å²) in [6.45, 7) is 1.99. The number of carbonyl (C=O) groups excluding carboxylic acids is 2. The number of phosphoric acid groups is 1. The van der Waals surface area contributed by atoms with Crippen LogP contribution in [0.5, 0.6) is 0 Å². The molecule has 0 aliphatic rings. The number of rotatable bonds is 10. The number of ether oxygens (including phenoxy) is 2. The van der Waals surface area contributed by atoms with E-state index >= 15 is 0 Å². The van der Waals surface area contributed by atoms with E-state index in [0.717, 1.165) is 13.8 Å². The van der Waals surface area contributed by atoms with E-state index in [1.165, 1.54) is 0 Å². The third-order valence-corrected chi connectivity index (χ3v) is 3.29. The van der Waals surface area contributed by atoms with Crippen LogP contribution in [-0.2, 0) is 32.7 Å². The van der Waals surface area contributed by atoms with E-state index in [0.29, 0.717) is 11.0 Å². The van der Waals surface area contributed by atoms with Crippen LogP contribution in [-0.4, -0.2) is 70.0 Å². The maximum Gasteiger partial charge on any atom is 0.302 e. The van der Waals surface area contributed by atoms with Gasteiger partial charge in [0.05, 0.1) is 21.1 Å². The molecule has 0 aromatic carbocycles. The Morgan fingerprint density at radius 3 is 1.91 bits per heavy atom. The van der Waals surface area contributed by atoms with E-state index in [-0.39, 0.29) is 19.8 Å². The molecular weight excluding hydrogens is 317 g/mol. The Bertz CT molecular complexity index is 402. The summed E-state index contributed by atoms with van der Waals surface area (Å²) in [7, 11) is 1.04. The molecule has 0 aliphatic carbocycles. The van der Waals surface area contributed by atoms with Gasteiger partial charge in [-0.3, -0.25) is 14.2 Å². The highest BCUT2D eigenvalue weighted by atomic mass is 31.2. The fourth-order valence-corrected chi connectivity index (χ4v) is 2.02. The number of esters is 2. The number of carbonyl (C=O) groups is 2. The van der Waals surface area contributed by atoms with Crippen molar-refractivity contribution < 1.29 is 42.1 Å². The second kappa shape index (κ2) is 9.22. The van der Waals surface area contributed by atoms with Crippen LogP contribution in [0.4, 0.5) is 0 Å². The van der Waals surface area contributed by atoms with Gasteiger partial charge >= 0.3 is 11.9 Å². The van der Waals surface area contributed by atoms with Crippen molar-refractivity contribution in [1.82, 2.24) is 0 Å². The number of likely N-dealkylation sites (N-methyl/N-ethyl adjacent to an activating group) is 1. The first-order valence-electron chi connectivity index (χ1n) is 6.62. The highest BCUT2D eigenvalue weighted by Gasteiger charge is 2.22. The van der Waals surface area contributed by atoms with Crippen LogP contribution >= 0.6 is 7.82 Å². The van der Waals surface area contributed by atoms with Gasteiger partial charge in [0.2, 0.25) is 0 Å². The zero-order chi connectivity index (χ0) is 17.4. The molecule has 1 atom stereocenters. The predicted octanol–water partition coefficient (Wildman–Crippen LogP) is -0.311. The van der Waals surface area contributed by atoms with Gasteiger partial charge in [-0.15, -0.1) is 0 Å². The topological polar surface area (TPSA) is 111 Å². The normalized spacial score (nSPS) is 14.5. The van der Waals surface area contributed by atoms with Gasteiger partial charge in [0.25, 0.3) is 7.82 Å². The molecule has 0 heterocycles. The highest BCUT2D eigenvalue weighted by Crippen LogP contribution is 2.39. The fraction of sp³-hybridized carbons (Fsp3) is 0.833. The fourth-order valence-electron chi connectivity index (χ4n) is 1.17. The minimum Gasteiger partial charge on any atom is -0.756 e. The van der Waals surface area contributed by atoms with Crippen LogP contribution in [0.3, 0.4) is 0 Å². The van der Waals surface area contributed by atoms with Gasteiger partial charge in [-0.25, -0.2) is 0 Å². The summed E-state index contributed by atoms with van der Waals surface area (Å²) in [5, 5.41) is 0. The molecule has 0 spiro atoms. The first kappa shape index (κ1) is 21.0. The van der Waals surface area contributed by atoms with Crippen LogP contribution in [0, 0.1) is 0 Å². The molecule has 0 bridgehead atoms. The van der Waals surface area contributed by atoms with Crippen LogP contribution in [0.2, 0.25) is 0 Å². The van der Waals surface area contributed by atoms with E-state index in [2.05, 4.69) is 9.47 Å². The molecule has 0 amide bonds. The summed E-state index contributed by atoms with van der Waals surface area (Å²) in [4.78, 5) is 33.2. The Kier molecular flexibility index (Phi) is 8.80. The van der Waals surface area contributed by atoms with Crippen LogP contribution in [0.25, 0.3) is 0 Å². The van der Waals surface area contributed by atoms with Crippen molar-refractivity contribution in [2.75, 3.05) is 47.5 Å². The van der Waals surface area contributed by atoms with Crippen molar-refractivity contribution in [3.05, 3.63) is 0 Å². The summed E-state index contributed by atoms with van der Waals surface area (Å²) in [5.74, 6) is -1.22. The number of phosphoric ester groups is 1. The van der Waals surface area contributed by atoms with Gasteiger partial charge in [-0.1, -0.05) is 0 Å². The lowest BCUT2D eigenvalue weighted by molar-refractivity contribution is -0.870. The molecule has 0 saturated heterocycles. The molecule has 130 valence electrons. The number of hydrogen-bond acceptors (Lipinski definition) is 8. The largest absolute Gasteiger partial charge is 0.756 e. The van der Waals surface area contributed by atoms with E-state index in [4.69, 9.17) is 9.05 Å². The quantitative estimate of drug-likeness (QED) is 0.302. The molecule has 0 radical (unpaired) electrons. The van der Waals surface area contributed by atoms with Crippen molar-refractivity contribution in [2.45, 2.75) is 20.0 Å². The lowest BCUT2D eigenvalue weighted by atomic mass is 10.4. The van der Waals surface area contributed by atoms with Gasteiger partial charge in [0.15, 0.2) is 0 Å². The van der Waals surface area contributed by atoms with Crippen molar-refractivity contribution in [1.29, 1.82) is 0 Å². The highest BCUT2D eigenvalue weighted by molar-refractivity contribution is 7.45. The molecule has 0 saturated carbocycles. The van der Waals surface area contributed by atoms with Crippen LogP contribution in [0.15, 0.2) is 0 Å². The number of quaternary nitrogens is 1. The van der Waals surface area contributed by atoms with E-state index in [1.54, 1.807) is 0 Å². The van der Waals surface area contributed by atoms with Crippen molar-refractivity contribution in [3.63, 3.8) is 0 Å². The van der Waals surface area contributed by atoms with E-state index < -0.39 is 25.9 Å². The molecule has 0 aliphatic heterocycles. The molecule has 9 nitrogen and oxygen atoms in total. The zero-order valence-electron chi connectivity index (χ0n) is 13.6. The Morgan fingerprint density at radius 2 is 1.55 bits per heavy atom. The lowest BCUT2D eigenvalue weighted by Gasteiger charge is -2.29. The zero-order valence-corrected chi connectivity index (χ0v) is 14.5. The predicted molar refractivity (Wildman–Crippen MR) is 74.6 cm³/mol. The van der Waals surface area contributed by atoms with Gasteiger partial charge in [-0.2, -0.15) is 0 Å². The van der Waals surface area contributed by atoms with Crippen LogP contribution < -0.4 is 4.89 Å². The van der Waals surface area contributed by atoms with E-state index in [9.17, 15) is 19.0 Å². The molecule has 22 heavy (non-hydrogen) atoms. The van der Waals surface area contributed by atoms with Crippen LogP contribution in [0.1, 0.15) is 13.8 Å². The van der Waals surface area contributed by atoms with Gasteiger partial charge in [-0.05, 0) is 0 Å². The van der Waals surface area contributed by atoms with Crippen molar-refractivity contribution in [2.24, 2.45) is 0 Å². The summed E-state index contributed by atoms with van der Waals surface area (Å²) >= 11 is 0. The summed E-state index contributed by atoms with van der Waals surface area (Å²) in [6, 6.07) is 0. The molecule has 10 heteroatoms. The molecule has 0 aromatic heterocycles. The molecule has 0 rings (SSSR count). The Balaban J connectivity index is 4.48. The minimum atomic E-state index is -4.60. The van der Waals surface area contributed by atoms with E-state index in [1.807, 2.05) is 21.1 Å². The maximum absolute atomic E-state index is 11.7. The second-order valence-corrected chi connectivity index (χ2v) is 6.99. The van der Waals surface area contributed by atoms with Gasteiger partial charge < -0.3 is 27.9 Å². The maximum atomic E-state index is 11.7. The molecule has 0 N–H and O–H groups in total. The third kappa shape index (κ3) is 12.7. The lowest BCUT2D eigenvalue weighted by Crippen LogP contribution is -2.38. The Labute approximate surface area is 130 Å². The van der Waals surface area contributed by atoms with Gasteiger partial charge in [0.1, 0.15) is 32.5 Å². The SMILES string of the molecule is CC(=O)OCC(COC(C)=O)OP(=O)([O-])OCC[N+](C)(C)C. The third-order valence-electron chi connectivity index (χ3n) is 2.23. The van der Waals surface area contributed by atoms with Gasteiger partial charge in [0, 0.05) is 13.8 Å². The van der Waals surface area contributed by atoms with Crippen molar-refractivity contribution in [3.8, 4) is 0 Å². The monoisotopic (exact) mass is 341 g/mol. The Hall–Kier alpha value is -0.990.